The largest absolute Gasteiger partial charge is 0.499 e. The summed E-state index contributed by atoms with van der Waals surface area (Å²) in [6.07, 6.45) is 0. The first-order valence-electron chi connectivity index (χ1n) is 3.35. The van der Waals surface area contributed by atoms with Crippen molar-refractivity contribution in [2.24, 2.45) is 0 Å². The zero-order valence-electron chi connectivity index (χ0n) is 6.04. The Balaban J connectivity index is 2.93. The summed E-state index contributed by atoms with van der Waals surface area (Å²) in [6.45, 7) is 0. The highest BCUT2D eigenvalue weighted by molar-refractivity contribution is 9.10. The van der Waals surface area contributed by atoms with Crippen LogP contribution in [0.25, 0.3) is 10.1 Å². The van der Waals surface area contributed by atoms with Crippen molar-refractivity contribution in [3.63, 3.8) is 0 Å². The molecule has 2 nitrogen and oxygen atoms in total. The van der Waals surface area contributed by atoms with E-state index < -0.39 is 0 Å². The third-order valence-electron chi connectivity index (χ3n) is 1.66. The minimum absolute atomic E-state index is 0.295. The van der Waals surface area contributed by atoms with E-state index in [9.17, 15) is 5.11 Å². The van der Waals surface area contributed by atoms with Gasteiger partial charge in [-0.15, -0.1) is 0 Å². The molecule has 0 aliphatic heterocycles. The van der Waals surface area contributed by atoms with E-state index in [1.807, 2.05) is 12.1 Å². The second-order valence-electron chi connectivity index (χ2n) is 2.46. The fourth-order valence-corrected chi connectivity index (χ4v) is 2.53. The molecule has 1 heterocycles. The van der Waals surface area contributed by atoms with Crippen LogP contribution in [-0.2, 0) is 0 Å². The molecule has 0 saturated heterocycles. The van der Waals surface area contributed by atoms with Gasteiger partial charge in [0.25, 0.3) is 0 Å². The van der Waals surface area contributed by atoms with Gasteiger partial charge in [-0.2, -0.15) is 0 Å². The van der Waals surface area contributed by atoms with Gasteiger partial charge in [-0.3, -0.25) is 0 Å². The molecule has 4 heteroatoms. The van der Waals surface area contributed by atoms with Gasteiger partial charge in [0.15, 0.2) is 5.06 Å². The molecule has 0 atom stereocenters. The van der Waals surface area contributed by atoms with Crippen LogP contribution in [0.5, 0.6) is 5.06 Å². The van der Waals surface area contributed by atoms with E-state index in [1.165, 1.54) is 11.3 Å². The quantitative estimate of drug-likeness (QED) is 0.700. The fraction of sp³-hybridized carbons (Fsp3) is 0. The monoisotopic (exact) mass is 243 g/mol. The van der Waals surface area contributed by atoms with Gasteiger partial charge in [-0.05, 0) is 28.1 Å². The molecule has 0 fully saturated rings. The summed E-state index contributed by atoms with van der Waals surface area (Å²) >= 11 is 4.71. The molecule has 0 radical (unpaired) electrons. The summed E-state index contributed by atoms with van der Waals surface area (Å²) < 4.78 is 1.96. The number of nitrogens with two attached hydrogens (primary N) is 1. The van der Waals surface area contributed by atoms with Crippen molar-refractivity contribution in [2.45, 2.75) is 0 Å². The van der Waals surface area contributed by atoms with Gasteiger partial charge in [0, 0.05) is 21.6 Å². The van der Waals surface area contributed by atoms with Gasteiger partial charge < -0.3 is 10.8 Å². The number of aromatic hydroxyl groups is 1. The first kappa shape index (κ1) is 7.89. The molecule has 0 saturated carbocycles. The first-order valence-corrected chi connectivity index (χ1v) is 4.96. The summed E-state index contributed by atoms with van der Waals surface area (Å²) in [5.41, 5.74) is 6.41. The lowest BCUT2D eigenvalue weighted by Crippen LogP contribution is -1.83. The van der Waals surface area contributed by atoms with Crippen LogP contribution in [0.4, 0.5) is 5.69 Å². The van der Waals surface area contributed by atoms with Gasteiger partial charge in [0.2, 0.25) is 0 Å². The van der Waals surface area contributed by atoms with Gasteiger partial charge in [-0.1, -0.05) is 11.3 Å². The minimum Gasteiger partial charge on any atom is -0.499 e. The summed E-state index contributed by atoms with van der Waals surface area (Å²) in [4.78, 5) is 0. The van der Waals surface area contributed by atoms with Crippen molar-refractivity contribution in [2.75, 3.05) is 5.73 Å². The predicted octanol–water partition coefficient (Wildman–Crippen LogP) is 2.95. The first-order chi connectivity index (χ1) is 5.68. The maximum absolute atomic E-state index is 9.25. The van der Waals surface area contributed by atoms with E-state index in [4.69, 9.17) is 5.73 Å². The van der Waals surface area contributed by atoms with E-state index in [0.29, 0.717) is 10.8 Å². The number of benzene rings is 1. The average Bonchev–Trinajstić information content (AvgIpc) is 2.41. The van der Waals surface area contributed by atoms with Crippen LogP contribution in [0.2, 0.25) is 0 Å². The molecule has 0 aliphatic carbocycles. The second kappa shape index (κ2) is 2.64. The topological polar surface area (TPSA) is 46.2 Å². The van der Waals surface area contributed by atoms with Gasteiger partial charge in [0.05, 0.1) is 4.70 Å². The number of nitrogen functional groups attached to an aromatic ring is 1. The SMILES string of the molecule is Nc1ccc(Br)c2sc(O)cc12. The standard InChI is InChI=1S/C8H6BrNOS/c9-5-1-2-6(10)4-3-7(11)12-8(4)5/h1-3,11H,10H2. The Morgan fingerprint density at radius 3 is 2.83 bits per heavy atom. The van der Waals surface area contributed by atoms with Crippen molar-refractivity contribution in [3.05, 3.63) is 22.7 Å². The highest BCUT2D eigenvalue weighted by atomic mass is 79.9. The smallest absolute Gasteiger partial charge is 0.172 e. The molecular weight excluding hydrogens is 238 g/mol. The molecule has 1 aromatic heterocycles. The Hall–Kier alpha value is -0.740. The van der Waals surface area contributed by atoms with E-state index in [-0.39, 0.29) is 0 Å². The van der Waals surface area contributed by atoms with Crippen LogP contribution in [0.1, 0.15) is 0 Å². The molecule has 12 heavy (non-hydrogen) atoms. The lowest BCUT2D eigenvalue weighted by Gasteiger charge is -1.96. The third-order valence-corrected chi connectivity index (χ3v) is 3.55. The van der Waals surface area contributed by atoms with Gasteiger partial charge in [0.1, 0.15) is 0 Å². The van der Waals surface area contributed by atoms with Crippen molar-refractivity contribution >= 4 is 43.0 Å². The molecular formula is C8H6BrNOS. The Kier molecular flexibility index (Phi) is 1.73. The van der Waals surface area contributed by atoms with E-state index in [0.717, 1.165) is 14.6 Å². The number of hydrogen-bond donors (Lipinski definition) is 2. The van der Waals surface area contributed by atoms with E-state index in [2.05, 4.69) is 15.9 Å². The zero-order chi connectivity index (χ0) is 8.72. The normalized spacial score (nSPS) is 10.8. The summed E-state index contributed by atoms with van der Waals surface area (Å²) in [6, 6.07) is 5.38. The van der Waals surface area contributed by atoms with Gasteiger partial charge >= 0.3 is 0 Å². The Morgan fingerprint density at radius 1 is 1.42 bits per heavy atom. The maximum Gasteiger partial charge on any atom is 0.172 e. The molecule has 0 spiro atoms. The van der Waals surface area contributed by atoms with Crippen molar-refractivity contribution in [1.82, 2.24) is 0 Å². The molecule has 0 unspecified atom stereocenters. The second-order valence-corrected chi connectivity index (χ2v) is 4.35. The molecule has 2 rings (SSSR count). The minimum atomic E-state index is 0.295. The molecule has 0 amide bonds. The average molecular weight is 244 g/mol. The summed E-state index contributed by atoms with van der Waals surface area (Å²) in [5.74, 6) is 0. The lowest BCUT2D eigenvalue weighted by atomic mass is 10.2. The van der Waals surface area contributed by atoms with Crippen LogP contribution in [0.3, 0.4) is 0 Å². The van der Waals surface area contributed by atoms with E-state index in [1.54, 1.807) is 6.07 Å². The van der Waals surface area contributed by atoms with Crippen molar-refractivity contribution in [1.29, 1.82) is 0 Å². The van der Waals surface area contributed by atoms with Crippen LogP contribution >= 0.6 is 27.3 Å². The number of fused-ring (bicyclic) bond motifs is 1. The van der Waals surface area contributed by atoms with Crippen molar-refractivity contribution in [3.8, 4) is 5.06 Å². The molecule has 2 aromatic rings. The number of thiophene rings is 1. The zero-order valence-corrected chi connectivity index (χ0v) is 8.45. The Bertz CT molecular complexity index is 399. The summed E-state index contributed by atoms with van der Waals surface area (Å²) in [7, 11) is 0. The molecule has 0 aliphatic rings. The molecule has 62 valence electrons. The Morgan fingerprint density at radius 2 is 2.17 bits per heavy atom. The van der Waals surface area contributed by atoms with Crippen LogP contribution in [0.15, 0.2) is 22.7 Å². The third kappa shape index (κ3) is 1.07. The number of rotatable bonds is 0. The van der Waals surface area contributed by atoms with Crippen molar-refractivity contribution < 1.29 is 5.11 Å². The highest BCUT2D eigenvalue weighted by Crippen LogP contribution is 2.38. The molecule has 0 bridgehead atoms. The van der Waals surface area contributed by atoms with E-state index >= 15 is 0 Å². The number of anilines is 1. The van der Waals surface area contributed by atoms with Crippen LogP contribution < -0.4 is 5.73 Å². The predicted molar refractivity (Wildman–Crippen MR) is 55.6 cm³/mol. The highest BCUT2D eigenvalue weighted by Gasteiger charge is 2.06. The fourth-order valence-electron chi connectivity index (χ4n) is 1.10. The Labute approximate surface area is 81.8 Å². The molecule has 3 N–H and O–H groups in total. The molecule has 1 aromatic carbocycles. The van der Waals surface area contributed by atoms with Crippen LogP contribution in [-0.4, -0.2) is 5.11 Å². The number of halogens is 1. The lowest BCUT2D eigenvalue weighted by molar-refractivity contribution is 0.491. The maximum atomic E-state index is 9.25. The van der Waals surface area contributed by atoms with Crippen LogP contribution in [0, 0.1) is 0 Å². The van der Waals surface area contributed by atoms with Gasteiger partial charge in [-0.25, -0.2) is 0 Å². The number of hydrogen-bond acceptors (Lipinski definition) is 3. The summed E-state index contributed by atoms with van der Waals surface area (Å²) in [5, 5.41) is 10.5.